The van der Waals surface area contributed by atoms with Crippen molar-refractivity contribution in [3.05, 3.63) is 216 Å². The number of carbonyl (C=O) groups excluding carboxylic acids is 2. The van der Waals surface area contributed by atoms with Gasteiger partial charge in [0, 0.05) is 22.5 Å². The van der Waals surface area contributed by atoms with Crippen molar-refractivity contribution in [1.82, 2.24) is 0 Å². The van der Waals surface area contributed by atoms with E-state index in [0.717, 1.165) is 67.1 Å². The van der Waals surface area contributed by atoms with E-state index in [1.54, 1.807) is 12.1 Å². The van der Waals surface area contributed by atoms with Crippen LogP contribution in [0.4, 0.5) is 40.3 Å². The Morgan fingerprint density at radius 2 is 0.770 bits per heavy atom. The molecule has 1 unspecified atom stereocenters. The predicted octanol–water partition coefficient (Wildman–Crippen LogP) is 13.0. The molecular weight excluding hydrogens is 773 g/mol. The van der Waals surface area contributed by atoms with E-state index in [9.17, 15) is 27.2 Å². The number of halogens is 4. The van der Waals surface area contributed by atoms with Gasteiger partial charge in [0.2, 0.25) is 0 Å². The molecular formula is C53H32F4N2O2. The van der Waals surface area contributed by atoms with Crippen LogP contribution in [0.2, 0.25) is 0 Å². The van der Waals surface area contributed by atoms with Crippen LogP contribution in [0, 0.1) is 0 Å². The second kappa shape index (κ2) is 13.2. The minimum atomic E-state index is -5.20. The summed E-state index contributed by atoms with van der Waals surface area (Å²) in [6.07, 6.45) is 0. The van der Waals surface area contributed by atoms with Crippen molar-refractivity contribution in [3.63, 3.8) is 0 Å². The second-order valence-corrected chi connectivity index (χ2v) is 15.5. The Morgan fingerprint density at radius 3 is 1.28 bits per heavy atom. The SMILES string of the molecule is O=C1N(c2cccc3c2-c2ccccc2C32c3ccccc3-c3c(N(c4ccc(-c5ccccc5)cc4)c4ccc(-c5ccccc5)cc4)cccc32)C(=O)C(F)(F)C1(F)F. The van der Waals surface area contributed by atoms with E-state index in [-0.39, 0.29) is 16.2 Å². The van der Waals surface area contributed by atoms with Crippen molar-refractivity contribution in [2.75, 3.05) is 9.80 Å². The maximum atomic E-state index is 14.9. The van der Waals surface area contributed by atoms with E-state index in [2.05, 4.69) is 89.8 Å². The summed E-state index contributed by atoms with van der Waals surface area (Å²) < 4.78 is 59.6. The lowest BCUT2D eigenvalue weighted by Gasteiger charge is -2.32. The largest absolute Gasteiger partial charge is 0.396 e. The lowest BCUT2D eigenvalue weighted by Crippen LogP contribution is -2.43. The number of fused-ring (bicyclic) bond motifs is 10. The number of carbonyl (C=O) groups is 2. The molecule has 0 saturated carbocycles. The Labute approximate surface area is 348 Å². The lowest BCUT2D eigenvalue weighted by atomic mass is 9.70. The zero-order valence-corrected chi connectivity index (χ0v) is 32.2. The number of alkyl halides is 4. The molecule has 8 heteroatoms. The van der Waals surface area contributed by atoms with Crippen molar-refractivity contribution < 1.29 is 27.2 Å². The van der Waals surface area contributed by atoms with E-state index in [1.807, 2.05) is 84.9 Å². The van der Waals surface area contributed by atoms with Gasteiger partial charge in [0.05, 0.1) is 16.8 Å². The van der Waals surface area contributed by atoms with Crippen LogP contribution in [0.5, 0.6) is 0 Å². The molecule has 1 atom stereocenters. The van der Waals surface area contributed by atoms with Gasteiger partial charge >= 0.3 is 23.7 Å². The van der Waals surface area contributed by atoms with Crippen LogP contribution < -0.4 is 9.80 Å². The van der Waals surface area contributed by atoms with Gasteiger partial charge in [-0.15, -0.1) is 0 Å². The Balaban J connectivity index is 1.15. The molecule has 0 radical (unpaired) electrons. The van der Waals surface area contributed by atoms with Crippen LogP contribution in [-0.2, 0) is 15.0 Å². The Hall–Kier alpha value is -7.58. The highest BCUT2D eigenvalue weighted by molar-refractivity contribution is 6.28. The summed E-state index contributed by atoms with van der Waals surface area (Å²) in [5.74, 6) is -14.9. The highest BCUT2D eigenvalue weighted by atomic mass is 19.3. The first-order valence-electron chi connectivity index (χ1n) is 19.9. The number of nitrogens with zero attached hydrogens (tertiary/aromatic N) is 2. The molecule has 1 heterocycles. The number of rotatable bonds is 6. The molecule has 1 spiro atoms. The summed E-state index contributed by atoms with van der Waals surface area (Å²) in [7, 11) is 0. The smallest absolute Gasteiger partial charge is 0.310 e. The van der Waals surface area contributed by atoms with Gasteiger partial charge in [-0.1, -0.05) is 158 Å². The Kier molecular flexibility index (Phi) is 7.91. The normalized spacial score (nSPS) is 17.5. The molecule has 0 aromatic heterocycles. The molecule has 2 amide bonds. The monoisotopic (exact) mass is 804 g/mol. The molecule has 0 N–H and O–H groups in total. The molecule has 1 aliphatic heterocycles. The van der Waals surface area contributed by atoms with Gasteiger partial charge in [-0.2, -0.15) is 17.6 Å². The molecule has 8 aromatic carbocycles. The number of anilines is 4. The van der Waals surface area contributed by atoms with Crippen LogP contribution in [-0.4, -0.2) is 23.7 Å². The van der Waals surface area contributed by atoms with Crippen molar-refractivity contribution in [3.8, 4) is 44.5 Å². The minimum absolute atomic E-state index is 0.0211. The van der Waals surface area contributed by atoms with Crippen LogP contribution in [0.15, 0.2) is 194 Å². The first-order chi connectivity index (χ1) is 29.6. The van der Waals surface area contributed by atoms with Crippen LogP contribution in [0.25, 0.3) is 44.5 Å². The summed E-state index contributed by atoms with van der Waals surface area (Å²) in [5, 5.41) is 0. The highest BCUT2D eigenvalue weighted by Gasteiger charge is 2.76. The third-order valence-corrected chi connectivity index (χ3v) is 12.4. The van der Waals surface area contributed by atoms with Crippen molar-refractivity contribution in [1.29, 1.82) is 0 Å². The number of hydrogen-bond donors (Lipinski definition) is 0. The minimum Gasteiger partial charge on any atom is -0.310 e. The van der Waals surface area contributed by atoms with E-state index in [4.69, 9.17) is 0 Å². The zero-order chi connectivity index (χ0) is 41.7. The molecule has 11 rings (SSSR count). The topological polar surface area (TPSA) is 40.6 Å². The molecule has 3 aliphatic rings. The summed E-state index contributed by atoms with van der Waals surface area (Å²) in [6, 6.07) is 63.3. The first-order valence-corrected chi connectivity index (χ1v) is 19.9. The van der Waals surface area contributed by atoms with Gasteiger partial charge in [0.25, 0.3) is 0 Å². The van der Waals surface area contributed by atoms with Crippen LogP contribution >= 0.6 is 0 Å². The quantitative estimate of drug-likeness (QED) is 0.124. The van der Waals surface area contributed by atoms with Gasteiger partial charge in [0.15, 0.2) is 0 Å². The Bertz CT molecular complexity index is 2970. The van der Waals surface area contributed by atoms with Gasteiger partial charge in [-0.3, -0.25) is 9.59 Å². The zero-order valence-electron chi connectivity index (χ0n) is 32.2. The van der Waals surface area contributed by atoms with Gasteiger partial charge in [-0.25, -0.2) is 4.90 Å². The standard InChI is InChI=1S/C53H32F4N2O2/c54-52(55)49(60)59(50(61)53(52,56)57)46-24-12-22-44-48(46)40-18-8-10-20-42(40)51(44)41-19-9-7-17-39(41)47-43(51)21-11-23-45(47)58(37-29-25-35(26-30-37)33-13-3-1-4-14-33)38-31-27-36(28-32-38)34-15-5-2-6-16-34/h1-32H. The average molecular weight is 805 g/mol. The Morgan fingerprint density at radius 1 is 0.377 bits per heavy atom. The average Bonchev–Trinajstić information content (AvgIpc) is 3.82. The summed E-state index contributed by atoms with van der Waals surface area (Å²) in [6.45, 7) is 0. The molecule has 294 valence electrons. The summed E-state index contributed by atoms with van der Waals surface area (Å²) in [5.41, 5.74) is 11.3. The van der Waals surface area contributed by atoms with E-state index >= 15 is 0 Å². The fourth-order valence-electron chi connectivity index (χ4n) is 9.73. The lowest BCUT2D eigenvalue weighted by molar-refractivity contribution is -0.192. The van der Waals surface area contributed by atoms with Gasteiger partial charge < -0.3 is 4.90 Å². The van der Waals surface area contributed by atoms with Crippen LogP contribution in [0.3, 0.4) is 0 Å². The second-order valence-electron chi connectivity index (χ2n) is 15.5. The van der Waals surface area contributed by atoms with E-state index in [1.165, 1.54) is 12.1 Å². The molecule has 1 saturated heterocycles. The highest BCUT2D eigenvalue weighted by Crippen LogP contribution is 2.66. The van der Waals surface area contributed by atoms with E-state index < -0.39 is 29.1 Å². The third-order valence-electron chi connectivity index (χ3n) is 12.4. The van der Waals surface area contributed by atoms with E-state index in [0.29, 0.717) is 11.1 Å². The van der Waals surface area contributed by atoms with Crippen molar-refractivity contribution in [2.24, 2.45) is 0 Å². The number of benzene rings is 8. The molecule has 4 nitrogen and oxygen atoms in total. The predicted molar refractivity (Wildman–Crippen MR) is 231 cm³/mol. The molecule has 2 aliphatic carbocycles. The fraction of sp³-hybridized carbons (Fsp3) is 0.0566. The summed E-state index contributed by atoms with van der Waals surface area (Å²) in [4.78, 5) is 28.5. The fourth-order valence-corrected chi connectivity index (χ4v) is 9.73. The summed E-state index contributed by atoms with van der Waals surface area (Å²) >= 11 is 0. The molecule has 8 aromatic rings. The van der Waals surface area contributed by atoms with Crippen molar-refractivity contribution in [2.45, 2.75) is 17.3 Å². The van der Waals surface area contributed by atoms with Gasteiger partial charge in [-0.05, 0) is 92.0 Å². The molecule has 61 heavy (non-hydrogen) atoms. The number of hydrogen-bond acceptors (Lipinski definition) is 3. The molecule has 0 bridgehead atoms. The third kappa shape index (κ3) is 4.99. The van der Waals surface area contributed by atoms with Gasteiger partial charge in [0.1, 0.15) is 0 Å². The van der Waals surface area contributed by atoms with Crippen LogP contribution in [0.1, 0.15) is 22.3 Å². The molecule has 1 fully saturated rings. The maximum Gasteiger partial charge on any atom is 0.396 e. The maximum absolute atomic E-state index is 14.9. The number of amides is 2. The van der Waals surface area contributed by atoms with Crippen molar-refractivity contribution >= 4 is 34.6 Å². The first kappa shape index (κ1) is 36.5. The number of imide groups is 1.